The molecule has 0 heterocycles. The monoisotopic (exact) mass is 424 g/mol. The molecule has 3 rings (SSSR count). The van der Waals surface area contributed by atoms with Gasteiger partial charge in [-0.2, -0.15) is 0 Å². The molecule has 0 spiro atoms. The van der Waals surface area contributed by atoms with Crippen LogP contribution in [0.1, 0.15) is 31.2 Å². The van der Waals surface area contributed by atoms with E-state index in [9.17, 15) is 0 Å². The second-order valence-corrected chi connectivity index (χ2v) is 9.47. The summed E-state index contributed by atoms with van der Waals surface area (Å²) < 4.78 is 0. The SMILES string of the molecule is BrCCCCCCc1ccccc1P(c1ccccc1)c1ccccc1. The maximum absolute atomic E-state index is 3.53. The number of halogens is 1. The summed E-state index contributed by atoms with van der Waals surface area (Å²) in [7, 11) is -0.502. The summed E-state index contributed by atoms with van der Waals surface area (Å²) in [6.45, 7) is 0. The van der Waals surface area contributed by atoms with E-state index in [2.05, 4.69) is 101 Å². The standard InChI is InChI=1S/C24H26BrP/c25-20-12-2-1-5-13-21-14-10-11-19-24(21)26(22-15-6-3-7-16-22)23-17-8-4-9-18-23/h3-4,6-11,14-19H,1-2,5,12-13,20H2. The van der Waals surface area contributed by atoms with Crippen LogP contribution in [0.2, 0.25) is 0 Å². The molecule has 26 heavy (non-hydrogen) atoms. The van der Waals surface area contributed by atoms with E-state index in [-0.39, 0.29) is 0 Å². The number of hydrogen-bond donors (Lipinski definition) is 0. The van der Waals surface area contributed by atoms with E-state index in [0.717, 1.165) is 5.33 Å². The lowest BCUT2D eigenvalue weighted by atomic mass is 10.1. The predicted octanol–water partition coefficient (Wildman–Crippen LogP) is 5.94. The van der Waals surface area contributed by atoms with Gasteiger partial charge in [0.15, 0.2) is 0 Å². The van der Waals surface area contributed by atoms with Crippen LogP contribution in [0, 0.1) is 0 Å². The first kappa shape index (κ1) is 19.3. The van der Waals surface area contributed by atoms with Crippen molar-refractivity contribution in [3.63, 3.8) is 0 Å². The minimum absolute atomic E-state index is 0.502. The minimum Gasteiger partial charge on any atom is -0.0928 e. The number of aryl methyl sites for hydroxylation is 1. The molecule has 0 bridgehead atoms. The maximum atomic E-state index is 3.53. The molecule has 0 saturated heterocycles. The molecule has 3 aromatic rings. The topological polar surface area (TPSA) is 0 Å². The van der Waals surface area contributed by atoms with Gasteiger partial charge < -0.3 is 0 Å². The Labute approximate surface area is 167 Å². The van der Waals surface area contributed by atoms with Crippen LogP contribution in [0.3, 0.4) is 0 Å². The Bertz CT molecular complexity index is 731. The number of unbranched alkanes of at least 4 members (excludes halogenated alkanes) is 3. The van der Waals surface area contributed by atoms with Crippen molar-refractivity contribution >= 4 is 39.8 Å². The third kappa shape index (κ3) is 5.29. The zero-order chi connectivity index (χ0) is 18.0. The summed E-state index contributed by atoms with van der Waals surface area (Å²) >= 11 is 3.53. The molecule has 0 aromatic heterocycles. The van der Waals surface area contributed by atoms with E-state index in [1.165, 1.54) is 53.6 Å². The van der Waals surface area contributed by atoms with Crippen LogP contribution in [0.4, 0.5) is 0 Å². The van der Waals surface area contributed by atoms with E-state index in [4.69, 9.17) is 0 Å². The highest BCUT2D eigenvalue weighted by molar-refractivity contribution is 9.09. The highest BCUT2D eigenvalue weighted by Crippen LogP contribution is 2.34. The molecular formula is C24H26BrP. The van der Waals surface area contributed by atoms with Gasteiger partial charge >= 0.3 is 0 Å². The zero-order valence-corrected chi connectivity index (χ0v) is 17.6. The van der Waals surface area contributed by atoms with Gasteiger partial charge in [-0.1, -0.05) is 114 Å². The first-order valence-corrected chi connectivity index (χ1v) is 11.9. The van der Waals surface area contributed by atoms with Gasteiger partial charge in [0, 0.05) is 5.33 Å². The summed E-state index contributed by atoms with van der Waals surface area (Å²) in [4.78, 5) is 0. The van der Waals surface area contributed by atoms with Crippen molar-refractivity contribution in [1.29, 1.82) is 0 Å². The van der Waals surface area contributed by atoms with Crippen LogP contribution in [-0.4, -0.2) is 5.33 Å². The average molecular weight is 425 g/mol. The molecule has 0 aliphatic carbocycles. The summed E-state index contributed by atoms with van der Waals surface area (Å²) in [5.74, 6) is 0. The Hall–Kier alpha value is -1.43. The molecule has 0 saturated carbocycles. The van der Waals surface area contributed by atoms with Crippen LogP contribution < -0.4 is 15.9 Å². The summed E-state index contributed by atoms with van der Waals surface area (Å²) in [6.07, 6.45) is 6.37. The molecule has 3 aromatic carbocycles. The fraction of sp³-hybridized carbons (Fsp3) is 0.250. The quantitative estimate of drug-likeness (QED) is 0.226. The summed E-state index contributed by atoms with van der Waals surface area (Å²) in [5.41, 5.74) is 1.52. The Kier molecular flexibility index (Phi) is 7.92. The van der Waals surface area contributed by atoms with Crippen molar-refractivity contribution in [2.75, 3.05) is 5.33 Å². The first-order valence-electron chi connectivity index (χ1n) is 9.44. The van der Waals surface area contributed by atoms with Gasteiger partial charge in [-0.25, -0.2) is 0 Å². The number of benzene rings is 3. The predicted molar refractivity (Wildman–Crippen MR) is 121 cm³/mol. The van der Waals surface area contributed by atoms with E-state index in [1.54, 1.807) is 0 Å². The lowest BCUT2D eigenvalue weighted by molar-refractivity contribution is 0.672. The van der Waals surface area contributed by atoms with Gasteiger partial charge in [0.2, 0.25) is 0 Å². The molecule has 0 atom stereocenters. The molecule has 0 aliphatic heterocycles. The van der Waals surface area contributed by atoms with Crippen molar-refractivity contribution in [2.24, 2.45) is 0 Å². The van der Waals surface area contributed by atoms with E-state index in [1.807, 2.05) is 0 Å². The molecule has 0 radical (unpaired) electrons. The first-order chi connectivity index (χ1) is 12.9. The highest BCUT2D eigenvalue weighted by Gasteiger charge is 2.18. The second kappa shape index (κ2) is 10.7. The molecule has 0 fully saturated rings. The molecule has 0 N–H and O–H groups in total. The lowest BCUT2D eigenvalue weighted by Gasteiger charge is -2.22. The molecule has 2 heteroatoms. The van der Waals surface area contributed by atoms with E-state index in [0.29, 0.717) is 0 Å². The Balaban J connectivity index is 1.90. The summed E-state index contributed by atoms with van der Waals surface area (Å²) in [6, 6.07) is 31.1. The summed E-state index contributed by atoms with van der Waals surface area (Å²) in [5, 5.41) is 5.50. The fourth-order valence-electron chi connectivity index (χ4n) is 3.29. The molecule has 0 unspecified atom stereocenters. The third-order valence-electron chi connectivity index (χ3n) is 4.59. The van der Waals surface area contributed by atoms with Crippen LogP contribution in [-0.2, 0) is 6.42 Å². The van der Waals surface area contributed by atoms with Crippen LogP contribution in [0.15, 0.2) is 84.9 Å². The van der Waals surface area contributed by atoms with Crippen LogP contribution in [0.5, 0.6) is 0 Å². The van der Waals surface area contributed by atoms with Crippen LogP contribution in [0.25, 0.3) is 0 Å². The van der Waals surface area contributed by atoms with Crippen molar-refractivity contribution < 1.29 is 0 Å². The van der Waals surface area contributed by atoms with Crippen molar-refractivity contribution in [3.8, 4) is 0 Å². The van der Waals surface area contributed by atoms with Gasteiger partial charge in [0.05, 0.1) is 0 Å². The molecule has 0 amide bonds. The van der Waals surface area contributed by atoms with Gasteiger partial charge in [-0.05, 0) is 48.7 Å². The van der Waals surface area contributed by atoms with Crippen molar-refractivity contribution in [1.82, 2.24) is 0 Å². The smallest absolute Gasteiger partial charge is 0.00313 e. The normalized spacial score (nSPS) is 11.0. The van der Waals surface area contributed by atoms with Crippen molar-refractivity contribution in [3.05, 3.63) is 90.5 Å². The molecule has 0 nitrogen and oxygen atoms in total. The largest absolute Gasteiger partial charge is 0.0928 e. The number of alkyl halides is 1. The average Bonchev–Trinajstić information content (AvgIpc) is 2.71. The third-order valence-corrected chi connectivity index (χ3v) is 7.70. The second-order valence-electron chi connectivity index (χ2n) is 6.49. The van der Waals surface area contributed by atoms with Gasteiger partial charge in [-0.3, -0.25) is 0 Å². The highest BCUT2D eigenvalue weighted by atomic mass is 79.9. The Morgan fingerprint density at radius 1 is 0.577 bits per heavy atom. The maximum Gasteiger partial charge on any atom is 0.00313 e. The van der Waals surface area contributed by atoms with Crippen molar-refractivity contribution in [2.45, 2.75) is 32.1 Å². The molecule has 0 aliphatic rings. The molecular weight excluding hydrogens is 399 g/mol. The van der Waals surface area contributed by atoms with Gasteiger partial charge in [0.25, 0.3) is 0 Å². The Morgan fingerprint density at radius 3 is 1.73 bits per heavy atom. The lowest BCUT2D eigenvalue weighted by Crippen LogP contribution is -2.23. The van der Waals surface area contributed by atoms with Gasteiger partial charge in [-0.15, -0.1) is 0 Å². The minimum atomic E-state index is -0.502. The van der Waals surface area contributed by atoms with Crippen LogP contribution >= 0.6 is 23.9 Å². The number of hydrogen-bond acceptors (Lipinski definition) is 0. The Morgan fingerprint density at radius 2 is 1.12 bits per heavy atom. The van der Waals surface area contributed by atoms with Gasteiger partial charge in [0.1, 0.15) is 0 Å². The molecule has 134 valence electrons. The van der Waals surface area contributed by atoms with E-state index >= 15 is 0 Å². The number of rotatable bonds is 9. The zero-order valence-electron chi connectivity index (χ0n) is 15.2. The fourth-order valence-corrected chi connectivity index (χ4v) is 6.19. The van der Waals surface area contributed by atoms with E-state index < -0.39 is 7.92 Å².